The predicted molar refractivity (Wildman–Crippen MR) is 57.8 cm³/mol. The molecule has 0 spiro atoms. The van der Waals surface area contributed by atoms with Crippen molar-refractivity contribution in [2.75, 3.05) is 6.61 Å². The minimum absolute atomic E-state index is 0.175. The number of hydrogen-bond donors (Lipinski definition) is 0. The lowest BCUT2D eigenvalue weighted by molar-refractivity contribution is -0.143. The highest BCUT2D eigenvalue weighted by Crippen LogP contribution is 2.38. The van der Waals surface area contributed by atoms with Crippen LogP contribution < -0.4 is 0 Å². The summed E-state index contributed by atoms with van der Waals surface area (Å²) in [6.07, 6.45) is -10.6. The van der Waals surface area contributed by atoms with Crippen LogP contribution in [0.25, 0.3) is 0 Å². The summed E-state index contributed by atoms with van der Waals surface area (Å²) in [7, 11) is 0. The van der Waals surface area contributed by atoms with Crippen molar-refractivity contribution in [2.45, 2.75) is 19.3 Å². The van der Waals surface area contributed by atoms with Gasteiger partial charge in [-0.15, -0.1) is 0 Å². The summed E-state index contributed by atoms with van der Waals surface area (Å²) < 4.78 is 80.5. The molecule has 0 unspecified atom stereocenters. The van der Waals surface area contributed by atoms with Crippen LogP contribution >= 0.6 is 0 Å². The van der Waals surface area contributed by atoms with Gasteiger partial charge in [0, 0.05) is 5.56 Å². The third-order valence-electron chi connectivity index (χ3n) is 2.41. The van der Waals surface area contributed by atoms with Gasteiger partial charge >= 0.3 is 18.3 Å². The molecule has 1 aromatic carbocycles. The van der Waals surface area contributed by atoms with Gasteiger partial charge < -0.3 is 4.74 Å². The Bertz CT molecular complexity index is 559. The van der Waals surface area contributed by atoms with E-state index in [-0.39, 0.29) is 25.0 Å². The van der Waals surface area contributed by atoms with Crippen LogP contribution in [0, 0.1) is 0 Å². The van der Waals surface area contributed by atoms with Crippen molar-refractivity contribution < 1.29 is 40.7 Å². The Morgan fingerprint density at radius 1 is 1.14 bits per heavy atom. The first-order valence-electron chi connectivity index (χ1n) is 5.47. The highest BCUT2D eigenvalue weighted by atomic mass is 19.4. The minimum Gasteiger partial charge on any atom is -0.462 e. The van der Waals surface area contributed by atoms with Crippen LogP contribution in [-0.2, 0) is 17.1 Å². The molecule has 0 bridgehead atoms. The molecule has 0 heterocycles. The van der Waals surface area contributed by atoms with Crippen LogP contribution in [0.3, 0.4) is 0 Å². The summed E-state index contributed by atoms with van der Waals surface area (Å²) in [5.41, 5.74) is -5.80. The monoisotopic (exact) mass is 314 g/mol. The Hall–Kier alpha value is -2.06. The SMILES string of the molecule is CCOC(=O)c1c(C=O)cc(C(F)(F)F)cc1C(F)(F)F. The van der Waals surface area contributed by atoms with Crippen LogP contribution in [0.2, 0.25) is 0 Å². The molecule has 0 fully saturated rings. The van der Waals surface area contributed by atoms with Gasteiger partial charge in [0.1, 0.15) is 0 Å². The van der Waals surface area contributed by atoms with Crippen LogP contribution in [0.4, 0.5) is 26.3 Å². The summed E-state index contributed by atoms with van der Waals surface area (Å²) in [4.78, 5) is 22.2. The van der Waals surface area contributed by atoms with Crippen LogP contribution in [0.15, 0.2) is 12.1 Å². The van der Waals surface area contributed by atoms with E-state index >= 15 is 0 Å². The maximum absolute atomic E-state index is 12.8. The van der Waals surface area contributed by atoms with Gasteiger partial charge in [0.25, 0.3) is 0 Å². The number of halogens is 6. The molecule has 3 nitrogen and oxygen atoms in total. The Labute approximate surface area is 114 Å². The van der Waals surface area contributed by atoms with Gasteiger partial charge in [-0.25, -0.2) is 4.79 Å². The van der Waals surface area contributed by atoms with Crippen LogP contribution in [0.1, 0.15) is 38.8 Å². The molecule has 1 aromatic rings. The number of carbonyl (C=O) groups excluding carboxylic acids is 2. The molecular formula is C12H8F6O3. The molecule has 1 rings (SSSR count). The molecular weight excluding hydrogens is 306 g/mol. The number of alkyl halides is 6. The molecule has 0 aliphatic carbocycles. The largest absolute Gasteiger partial charge is 0.462 e. The lowest BCUT2D eigenvalue weighted by atomic mass is 9.97. The van der Waals surface area contributed by atoms with Gasteiger partial charge in [0.05, 0.1) is 23.3 Å². The molecule has 0 N–H and O–H groups in total. The van der Waals surface area contributed by atoms with E-state index in [9.17, 15) is 35.9 Å². The predicted octanol–water partition coefficient (Wildman–Crippen LogP) is 3.71. The number of benzene rings is 1. The van der Waals surface area contributed by atoms with Gasteiger partial charge in [0.2, 0.25) is 0 Å². The lowest BCUT2D eigenvalue weighted by Gasteiger charge is -2.17. The molecule has 0 aliphatic rings. The zero-order valence-corrected chi connectivity index (χ0v) is 10.4. The Morgan fingerprint density at radius 2 is 1.71 bits per heavy atom. The van der Waals surface area contributed by atoms with Gasteiger partial charge in [-0.3, -0.25) is 4.79 Å². The Morgan fingerprint density at radius 3 is 2.10 bits per heavy atom. The number of aldehydes is 1. The molecule has 21 heavy (non-hydrogen) atoms. The number of hydrogen-bond acceptors (Lipinski definition) is 3. The summed E-state index contributed by atoms with van der Waals surface area (Å²) in [5.74, 6) is -1.51. The number of rotatable bonds is 3. The van der Waals surface area contributed by atoms with Crippen molar-refractivity contribution in [3.63, 3.8) is 0 Å². The third-order valence-corrected chi connectivity index (χ3v) is 2.41. The second kappa shape index (κ2) is 5.74. The maximum Gasteiger partial charge on any atom is 0.417 e. The van der Waals surface area contributed by atoms with Gasteiger partial charge in [-0.05, 0) is 19.1 Å². The minimum atomic E-state index is -5.25. The molecule has 0 amide bonds. The molecule has 0 aromatic heterocycles. The fraction of sp³-hybridized carbons (Fsp3) is 0.333. The number of ether oxygens (including phenoxy) is 1. The van der Waals surface area contributed by atoms with Crippen molar-refractivity contribution >= 4 is 12.3 Å². The fourth-order valence-corrected chi connectivity index (χ4v) is 1.58. The topological polar surface area (TPSA) is 43.4 Å². The summed E-state index contributed by atoms with van der Waals surface area (Å²) in [5, 5.41) is 0. The standard InChI is InChI=1S/C12H8F6O3/c1-2-21-10(20)9-6(5-19)3-7(11(13,14)15)4-8(9)12(16,17)18/h3-5H,2H2,1H3. The smallest absolute Gasteiger partial charge is 0.417 e. The lowest BCUT2D eigenvalue weighted by Crippen LogP contribution is -2.20. The highest BCUT2D eigenvalue weighted by molar-refractivity contribution is 6.00. The first-order chi connectivity index (χ1) is 9.52. The van der Waals surface area contributed by atoms with Crippen molar-refractivity contribution in [3.8, 4) is 0 Å². The fourth-order valence-electron chi connectivity index (χ4n) is 1.58. The van der Waals surface area contributed by atoms with Crippen molar-refractivity contribution in [1.82, 2.24) is 0 Å². The Kier molecular flexibility index (Phi) is 4.65. The maximum atomic E-state index is 12.8. The van der Waals surface area contributed by atoms with Crippen molar-refractivity contribution in [3.05, 3.63) is 34.4 Å². The summed E-state index contributed by atoms with van der Waals surface area (Å²) >= 11 is 0. The van der Waals surface area contributed by atoms with Gasteiger partial charge in [-0.1, -0.05) is 0 Å². The summed E-state index contributed by atoms with van der Waals surface area (Å²) in [6.45, 7) is 1.01. The van der Waals surface area contributed by atoms with Crippen LogP contribution in [0.5, 0.6) is 0 Å². The summed E-state index contributed by atoms with van der Waals surface area (Å²) in [6, 6.07) is -0.0479. The second-order valence-electron chi connectivity index (χ2n) is 3.82. The highest BCUT2D eigenvalue weighted by Gasteiger charge is 2.41. The van der Waals surface area contributed by atoms with Gasteiger partial charge in [0.15, 0.2) is 6.29 Å². The molecule has 9 heteroatoms. The van der Waals surface area contributed by atoms with E-state index in [1.807, 2.05) is 0 Å². The first kappa shape index (κ1) is 17.0. The molecule has 116 valence electrons. The van der Waals surface area contributed by atoms with E-state index in [0.29, 0.717) is 0 Å². The average Bonchev–Trinajstić information content (AvgIpc) is 2.35. The van der Waals surface area contributed by atoms with Crippen LogP contribution in [-0.4, -0.2) is 18.9 Å². The number of esters is 1. The number of carbonyl (C=O) groups is 2. The van der Waals surface area contributed by atoms with E-state index in [1.165, 1.54) is 6.92 Å². The first-order valence-corrected chi connectivity index (χ1v) is 5.47. The van der Waals surface area contributed by atoms with E-state index in [1.54, 1.807) is 0 Å². The average molecular weight is 314 g/mol. The Balaban J connectivity index is 3.69. The molecule has 0 saturated heterocycles. The normalized spacial score (nSPS) is 12.1. The molecule has 0 saturated carbocycles. The van der Waals surface area contributed by atoms with Gasteiger partial charge in [-0.2, -0.15) is 26.3 Å². The van der Waals surface area contributed by atoms with E-state index in [0.717, 1.165) is 0 Å². The van der Waals surface area contributed by atoms with Crippen molar-refractivity contribution in [2.24, 2.45) is 0 Å². The zero-order chi connectivity index (χ0) is 16.4. The van der Waals surface area contributed by atoms with Crippen molar-refractivity contribution in [1.29, 1.82) is 0 Å². The second-order valence-corrected chi connectivity index (χ2v) is 3.82. The molecule has 0 aliphatic heterocycles. The zero-order valence-electron chi connectivity index (χ0n) is 10.4. The third kappa shape index (κ3) is 3.73. The van der Waals surface area contributed by atoms with E-state index in [2.05, 4.69) is 4.74 Å². The van der Waals surface area contributed by atoms with E-state index < -0.39 is 40.6 Å². The van der Waals surface area contributed by atoms with E-state index in [4.69, 9.17) is 0 Å². The quantitative estimate of drug-likeness (QED) is 0.485. The molecule has 0 atom stereocenters. The molecule has 0 radical (unpaired) electrons.